The van der Waals surface area contributed by atoms with Crippen LogP contribution in [0.4, 0.5) is 0 Å². The molecule has 0 saturated heterocycles. The van der Waals surface area contributed by atoms with Gasteiger partial charge in [0.05, 0.1) is 0 Å². The third-order valence-corrected chi connectivity index (χ3v) is 1.75. The fraction of sp³-hybridized carbons (Fsp3) is 0.429. The molecule has 2 aliphatic carbocycles. The van der Waals surface area contributed by atoms with Crippen molar-refractivity contribution in [1.82, 2.24) is 0 Å². The van der Waals surface area contributed by atoms with Gasteiger partial charge in [0.1, 0.15) is 0 Å². The minimum Gasteiger partial charge on any atom is -0.0613 e. The van der Waals surface area contributed by atoms with E-state index in [-0.39, 0.29) is 0 Å². The molecule has 0 N–H and O–H groups in total. The molecule has 36 valence electrons. The highest BCUT2D eigenvalue weighted by Gasteiger charge is 2.29. The third kappa shape index (κ3) is 0.277. The van der Waals surface area contributed by atoms with E-state index in [9.17, 15) is 0 Å². The monoisotopic (exact) mass is 92.1 g/mol. The van der Waals surface area contributed by atoms with E-state index in [1.54, 1.807) is 16.7 Å². The number of hydrogen-bond acceptors (Lipinski definition) is 0. The van der Waals surface area contributed by atoms with Gasteiger partial charge in [-0.3, -0.25) is 0 Å². The van der Waals surface area contributed by atoms with Crippen LogP contribution in [0.3, 0.4) is 0 Å². The zero-order valence-electron chi connectivity index (χ0n) is 4.49. The van der Waals surface area contributed by atoms with Crippen molar-refractivity contribution < 1.29 is 0 Å². The van der Waals surface area contributed by atoms with Crippen molar-refractivity contribution >= 4 is 0 Å². The normalized spacial score (nSPS) is 23.3. The van der Waals surface area contributed by atoms with Gasteiger partial charge in [0.2, 0.25) is 0 Å². The van der Waals surface area contributed by atoms with E-state index in [1.165, 1.54) is 12.8 Å². The zero-order valence-corrected chi connectivity index (χ0v) is 4.49. The molecule has 0 fully saturated rings. The van der Waals surface area contributed by atoms with E-state index in [0.29, 0.717) is 0 Å². The highest BCUT2D eigenvalue weighted by atomic mass is 14.3. The summed E-state index contributed by atoms with van der Waals surface area (Å²) in [5.41, 5.74) is 4.90. The minimum atomic E-state index is 1.25. The second-order valence-corrected chi connectivity index (χ2v) is 2.20. The van der Waals surface area contributed by atoms with Crippen LogP contribution in [0.5, 0.6) is 0 Å². The molecule has 0 saturated carbocycles. The first-order chi connectivity index (χ1) is 3.42. The van der Waals surface area contributed by atoms with Crippen LogP contribution in [0.15, 0.2) is 22.8 Å². The molecule has 0 spiro atoms. The van der Waals surface area contributed by atoms with Crippen molar-refractivity contribution in [2.24, 2.45) is 0 Å². The van der Waals surface area contributed by atoms with Crippen molar-refractivity contribution in [3.63, 3.8) is 0 Å². The predicted molar refractivity (Wildman–Crippen MR) is 30.0 cm³/mol. The van der Waals surface area contributed by atoms with Gasteiger partial charge in [-0.2, -0.15) is 0 Å². The van der Waals surface area contributed by atoms with Gasteiger partial charge in [-0.05, 0) is 29.6 Å². The summed E-state index contributed by atoms with van der Waals surface area (Å²) in [5, 5.41) is 0. The first-order valence-electron chi connectivity index (χ1n) is 2.85. The van der Waals surface area contributed by atoms with E-state index in [1.807, 2.05) is 0 Å². The summed E-state index contributed by atoms with van der Waals surface area (Å²) in [7, 11) is 0. The molecule has 7 heavy (non-hydrogen) atoms. The Kier molecular flexibility index (Phi) is 0.415. The highest BCUT2D eigenvalue weighted by molar-refractivity contribution is 5.66. The molecular formula is C7H8. The summed E-state index contributed by atoms with van der Waals surface area (Å²) in [5.74, 6) is 0. The fourth-order valence-corrected chi connectivity index (χ4v) is 1.14. The smallest absolute Gasteiger partial charge is 0.00171 e. The molecular weight excluding hydrogens is 84.1 g/mol. The molecule has 0 aromatic carbocycles. The standard InChI is InChI=1S/C7H8/c1-2-5-3-6-4-7(5)6/h3H,2,4H2,1H3. The molecule has 0 amide bonds. The van der Waals surface area contributed by atoms with E-state index in [4.69, 9.17) is 0 Å². The average molecular weight is 92.1 g/mol. The number of hydrogen-bond donors (Lipinski definition) is 0. The van der Waals surface area contributed by atoms with Crippen LogP contribution in [-0.2, 0) is 0 Å². The lowest BCUT2D eigenvalue weighted by Crippen LogP contribution is -1.79. The van der Waals surface area contributed by atoms with Crippen LogP contribution in [0.25, 0.3) is 0 Å². The lowest BCUT2D eigenvalue weighted by Gasteiger charge is -1.98. The lowest BCUT2D eigenvalue weighted by atomic mass is 10.1. The SMILES string of the molecule is CCC1=CC2=C1C2. The van der Waals surface area contributed by atoms with Gasteiger partial charge in [0, 0.05) is 0 Å². The number of rotatable bonds is 1. The Labute approximate surface area is 43.5 Å². The second kappa shape index (κ2) is 0.835. The summed E-state index contributed by atoms with van der Waals surface area (Å²) >= 11 is 0. The lowest BCUT2D eigenvalue weighted by molar-refractivity contribution is 1.12. The quantitative estimate of drug-likeness (QED) is 0.464. The van der Waals surface area contributed by atoms with Crippen LogP contribution < -0.4 is 0 Å². The molecule has 0 radical (unpaired) electrons. The van der Waals surface area contributed by atoms with Crippen molar-refractivity contribution in [2.45, 2.75) is 19.8 Å². The van der Waals surface area contributed by atoms with Gasteiger partial charge in [-0.15, -0.1) is 0 Å². The predicted octanol–water partition coefficient (Wildman–Crippen LogP) is 2.04. The van der Waals surface area contributed by atoms with Crippen molar-refractivity contribution in [3.8, 4) is 0 Å². The Bertz CT molecular complexity index is 170. The molecule has 0 heterocycles. The molecule has 2 rings (SSSR count). The third-order valence-electron chi connectivity index (χ3n) is 1.75. The largest absolute Gasteiger partial charge is 0.0613 e. The maximum absolute atomic E-state index is 2.31. The maximum Gasteiger partial charge on any atom is -0.00171 e. The summed E-state index contributed by atoms with van der Waals surface area (Å²) in [6, 6.07) is 0. The first kappa shape index (κ1) is 3.48. The summed E-state index contributed by atoms with van der Waals surface area (Å²) in [6.45, 7) is 2.22. The van der Waals surface area contributed by atoms with Crippen LogP contribution in [-0.4, -0.2) is 0 Å². The zero-order chi connectivity index (χ0) is 4.85. The van der Waals surface area contributed by atoms with Crippen molar-refractivity contribution in [1.29, 1.82) is 0 Å². The van der Waals surface area contributed by atoms with E-state index < -0.39 is 0 Å². The van der Waals surface area contributed by atoms with Crippen molar-refractivity contribution in [3.05, 3.63) is 22.8 Å². The molecule has 0 aromatic rings. The van der Waals surface area contributed by atoms with Gasteiger partial charge in [0.15, 0.2) is 0 Å². The van der Waals surface area contributed by atoms with Crippen LogP contribution >= 0.6 is 0 Å². The first-order valence-corrected chi connectivity index (χ1v) is 2.85. The Morgan fingerprint density at radius 1 is 1.71 bits per heavy atom. The van der Waals surface area contributed by atoms with Gasteiger partial charge in [-0.25, -0.2) is 0 Å². The Balaban J connectivity index is 2.16. The maximum atomic E-state index is 2.31. The Hall–Kier alpha value is -0.520. The minimum absolute atomic E-state index is 1.25. The van der Waals surface area contributed by atoms with Gasteiger partial charge in [0.25, 0.3) is 0 Å². The van der Waals surface area contributed by atoms with E-state index >= 15 is 0 Å². The molecule has 0 aliphatic heterocycles. The van der Waals surface area contributed by atoms with Crippen LogP contribution in [0, 0.1) is 0 Å². The average Bonchev–Trinajstić information content (AvgIpc) is 2.18. The number of allylic oxidation sites excluding steroid dienone is 4. The Morgan fingerprint density at radius 3 is 2.71 bits per heavy atom. The summed E-state index contributed by atoms with van der Waals surface area (Å²) in [6.07, 6.45) is 4.89. The summed E-state index contributed by atoms with van der Waals surface area (Å²) in [4.78, 5) is 0. The van der Waals surface area contributed by atoms with Gasteiger partial charge < -0.3 is 0 Å². The van der Waals surface area contributed by atoms with Crippen LogP contribution in [0.1, 0.15) is 19.8 Å². The molecule has 2 aliphatic rings. The molecule has 0 aromatic heterocycles. The Morgan fingerprint density at radius 2 is 2.57 bits per heavy atom. The topological polar surface area (TPSA) is 0 Å². The van der Waals surface area contributed by atoms with Crippen molar-refractivity contribution in [2.75, 3.05) is 0 Å². The molecule has 0 heteroatoms. The van der Waals surface area contributed by atoms with E-state index in [2.05, 4.69) is 13.0 Å². The summed E-state index contributed by atoms with van der Waals surface area (Å²) < 4.78 is 0. The fourth-order valence-electron chi connectivity index (χ4n) is 1.14. The van der Waals surface area contributed by atoms with Crippen LogP contribution in [0.2, 0.25) is 0 Å². The highest BCUT2D eigenvalue weighted by Crippen LogP contribution is 2.48. The molecule has 0 nitrogen and oxygen atoms in total. The molecule has 0 atom stereocenters. The van der Waals surface area contributed by atoms with Gasteiger partial charge >= 0.3 is 0 Å². The second-order valence-electron chi connectivity index (χ2n) is 2.20. The van der Waals surface area contributed by atoms with E-state index in [0.717, 1.165) is 0 Å². The molecule has 0 bridgehead atoms. The van der Waals surface area contributed by atoms with Gasteiger partial charge in [-0.1, -0.05) is 13.0 Å². The molecule has 0 unspecified atom stereocenters.